The molecule has 5 N–H and O–H groups in total. The van der Waals surface area contributed by atoms with E-state index in [2.05, 4.69) is 10.6 Å². The van der Waals surface area contributed by atoms with Crippen molar-refractivity contribution in [1.29, 1.82) is 5.41 Å². The number of carbonyl (C=O) groups is 3. The van der Waals surface area contributed by atoms with Crippen LogP contribution in [0.5, 0.6) is 0 Å². The number of rotatable bonds is 7. The number of methoxy groups -OCH3 is 1. The molecule has 2 amide bonds. The summed E-state index contributed by atoms with van der Waals surface area (Å²) in [5.74, 6) is -1.69. The molecule has 0 heterocycles. The summed E-state index contributed by atoms with van der Waals surface area (Å²) in [5.41, 5.74) is -0.941. The maximum atomic E-state index is 13.0. The minimum absolute atomic E-state index is 0.0650. The monoisotopic (exact) mass is 396 g/mol. The lowest BCUT2D eigenvalue weighted by molar-refractivity contribution is -0.148. The molecule has 1 saturated carbocycles. The van der Waals surface area contributed by atoms with Gasteiger partial charge < -0.3 is 20.5 Å². The van der Waals surface area contributed by atoms with Crippen molar-refractivity contribution in [1.82, 2.24) is 10.6 Å². The van der Waals surface area contributed by atoms with E-state index in [0.29, 0.717) is 0 Å². The molecule has 1 rings (SSSR count). The zero-order valence-electron chi connectivity index (χ0n) is 17.5. The summed E-state index contributed by atoms with van der Waals surface area (Å²) in [6, 6.07) is -1.70. The van der Waals surface area contributed by atoms with Crippen molar-refractivity contribution in [2.24, 2.45) is 11.3 Å². The Bertz CT molecular complexity index is 626. The maximum absolute atomic E-state index is 13.0. The molecular weight excluding hydrogens is 362 g/mol. The van der Waals surface area contributed by atoms with Crippen molar-refractivity contribution in [3.63, 3.8) is 0 Å². The van der Waals surface area contributed by atoms with Crippen LogP contribution in [0.15, 0.2) is 11.8 Å². The number of carbonyl (C=O) groups excluding carboxylic acids is 3. The average Bonchev–Trinajstić information content (AvgIpc) is 2.62. The zero-order valence-corrected chi connectivity index (χ0v) is 17.5. The molecule has 1 unspecified atom stereocenters. The van der Waals surface area contributed by atoms with Crippen molar-refractivity contribution in [2.45, 2.75) is 71.9 Å². The molecule has 1 aliphatic rings. The summed E-state index contributed by atoms with van der Waals surface area (Å²) in [4.78, 5) is 37.6. The van der Waals surface area contributed by atoms with Crippen molar-refractivity contribution in [3.05, 3.63) is 11.8 Å². The molecule has 0 aliphatic heterocycles. The van der Waals surface area contributed by atoms with Crippen LogP contribution in [0, 0.1) is 16.7 Å². The van der Waals surface area contributed by atoms with Gasteiger partial charge in [0.25, 0.3) is 5.91 Å². The van der Waals surface area contributed by atoms with Gasteiger partial charge in [-0.2, -0.15) is 0 Å². The molecule has 2 atom stereocenters. The van der Waals surface area contributed by atoms with E-state index in [-0.39, 0.29) is 17.4 Å². The second-order valence-electron chi connectivity index (χ2n) is 8.42. The van der Waals surface area contributed by atoms with E-state index in [1.165, 1.54) is 14.0 Å². The van der Waals surface area contributed by atoms with E-state index in [1.54, 1.807) is 0 Å². The Labute approximate surface area is 166 Å². The molecule has 0 aromatic carbocycles. The third-order valence-corrected chi connectivity index (χ3v) is 4.89. The van der Waals surface area contributed by atoms with Gasteiger partial charge in [0, 0.05) is 6.92 Å². The van der Waals surface area contributed by atoms with E-state index in [0.717, 1.165) is 38.2 Å². The Morgan fingerprint density at radius 1 is 1.14 bits per heavy atom. The van der Waals surface area contributed by atoms with Crippen LogP contribution in [0.1, 0.15) is 59.8 Å². The molecular formula is C20H34N3O5+. The van der Waals surface area contributed by atoms with E-state index in [1.807, 2.05) is 20.8 Å². The molecule has 0 spiro atoms. The van der Waals surface area contributed by atoms with Gasteiger partial charge in [0.1, 0.15) is 17.8 Å². The van der Waals surface area contributed by atoms with Gasteiger partial charge in [-0.25, -0.2) is 4.79 Å². The van der Waals surface area contributed by atoms with Gasteiger partial charge in [-0.05, 0) is 24.2 Å². The molecule has 8 heteroatoms. The van der Waals surface area contributed by atoms with Crippen LogP contribution in [0.3, 0.4) is 0 Å². The number of hydrogen-bond acceptors (Lipinski definition) is 5. The minimum Gasteiger partial charge on any atom is -0.597 e. The molecule has 0 aromatic rings. The minimum atomic E-state index is -0.858. The highest BCUT2D eigenvalue weighted by atomic mass is 16.5. The quantitative estimate of drug-likeness (QED) is 0.260. The van der Waals surface area contributed by atoms with Gasteiger partial charge in [-0.1, -0.05) is 40.0 Å². The molecule has 0 saturated heterocycles. The molecule has 0 radical (unpaired) electrons. The number of amides is 2. The van der Waals surface area contributed by atoms with Crippen molar-refractivity contribution in [2.75, 3.05) is 7.11 Å². The highest BCUT2D eigenvalue weighted by molar-refractivity contribution is 6.42. The summed E-state index contributed by atoms with van der Waals surface area (Å²) in [6.45, 7) is 6.93. The summed E-state index contributed by atoms with van der Waals surface area (Å²) in [6.07, 6.45) is 5.73. The van der Waals surface area contributed by atoms with Crippen LogP contribution < -0.4 is 10.6 Å². The van der Waals surface area contributed by atoms with Crippen LogP contribution in [0.25, 0.3) is 0 Å². The van der Waals surface area contributed by atoms with Crippen LogP contribution in [-0.2, 0) is 19.1 Å². The third kappa shape index (κ3) is 6.98. The van der Waals surface area contributed by atoms with Crippen LogP contribution in [0.4, 0.5) is 0 Å². The van der Waals surface area contributed by atoms with Gasteiger partial charge in [0.15, 0.2) is 0 Å². The van der Waals surface area contributed by atoms with Crippen molar-refractivity contribution in [3.8, 4) is 0 Å². The highest BCUT2D eigenvalue weighted by Gasteiger charge is 2.38. The Kier molecular flexibility index (Phi) is 8.65. The Balaban J connectivity index is 3.04. The molecule has 28 heavy (non-hydrogen) atoms. The van der Waals surface area contributed by atoms with E-state index >= 15 is 0 Å². The topological polar surface area (TPSA) is 131 Å². The number of ether oxygens (including phenoxy) is 1. The first-order valence-electron chi connectivity index (χ1n) is 9.65. The smallest absolute Gasteiger partial charge is 0.328 e. The number of hydrogen-bond donors (Lipinski definition) is 3. The second kappa shape index (κ2) is 10.2. The van der Waals surface area contributed by atoms with Gasteiger partial charge in [-0.3, -0.25) is 15.0 Å². The largest absolute Gasteiger partial charge is 0.597 e. The lowest BCUT2D eigenvalue weighted by atomic mass is 9.82. The van der Waals surface area contributed by atoms with Gasteiger partial charge in [0.2, 0.25) is 11.7 Å². The summed E-state index contributed by atoms with van der Waals surface area (Å²) < 4.78 is 4.82. The number of nitrogens with one attached hydrogen (secondary N) is 3. The fraction of sp³-hybridized carbons (Fsp3) is 0.700. The summed E-state index contributed by atoms with van der Waals surface area (Å²) >= 11 is 0. The van der Waals surface area contributed by atoms with Crippen LogP contribution >= 0.6 is 0 Å². The number of esters is 1. The van der Waals surface area contributed by atoms with Gasteiger partial charge >= 0.3 is 5.97 Å². The first kappa shape index (κ1) is 23.7. The van der Waals surface area contributed by atoms with E-state index < -0.39 is 35.3 Å². The maximum Gasteiger partial charge on any atom is 0.328 e. The summed E-state index contributed by atoms with van der Waals surface area (Å²) in [5, 5.41) is 20.6. The molecule has 0 aromatic heterocycles. The van der Waals surface area contributed by atoms with Crippen LogP contribution in [-0.4, -0.2) is 47.8 Å². The van der Waals surface area contributed by atoms with Gasteiger partial charge in [0.05, 0.1) is 13.2 Å². The molecule has 1 fully saturated rings. The lowest BCUT2D eigenvalue weighted by Gasteiger charge is -2.34. The predicted octanol–water partition coefficient (Wildman–Crippen LogP) is 1.40. The van der Waals surface area contributed by atoms with Crippen molar-refractivity contribution < 1.29 is 24.2 Å². The highest BCUT2D eigenvalue weighted by Crippen LogP contribution is 2.27. The molecule has 8 nitrogen and oxygen atoms in total. The lowest BCUT2D eigenvalue weighted by Crippen LogP contribution is -2.58. The van der Waals surface area contributed by atoms with E-state index in [9.17, 15) is 14.4 Å². The second-order valence-corrected chi connectivity index (χ2v) is 8.42. The van der Waals surface area contributed by atoms with Crippen LogP contribution in [0.2, 0.25) is 0 Å². The normalized spacial score (nSPS) is 18.0. The Morgan fingerprint density at radius 2 is 1.71 bits per heavy atom. The summed E-state index contributed by atoms with van der Waals surface area (Å²) in [7, 11) is 1.27. The standard InChI is InChI=1S/C20H33N3O5/c1-12(24)11-14(21)17(25)22-15(13-9-7-6-8-10-13)18(26)23-16(19(27)28-5)20(2,3)4/h11,13,15-16,21,24H,6-10H2,1-5H3,(H,22,25)(H,23,26)/p+1/b12-11-,21-14?/t15?,16-/m1/s1. The Morgan fingerprint density at radius 3 is 2.18 bits per heavy atom. The Hall–Kier alpha value is -2.38. The first-order chi connectivity index (χ1) is 13.0. The fourth-order valence-corrected chi connectivity index (χ4v) is 3.34. The third-order valence-electron chi connectivity index (χ3n) is 4.89. The van der Waals surface area contributed by atoms with Crippen molar-refractivity contribution >= 4 is 23.5 Å². The van der Waals surface area contributed by atoms with Gasteiger partial charge in [-0.15, -0.1) is 0 Å². The number of allylic oxidation sites excluding steroid dienone is 1. The predicted molar refractivity (Wildman–Crippen MR) is 107 cm³/mol. The van der Waals surface area contributed by atoms with E-state index in [4.69, 9.17) is 15.3 Å². The first-order valence-corrected chi connectivity index (χ1v) is 9.65. The molecule has 158 valence electrons. The zero-order chi connectivity index (χ0) is 21.5. The molecule has 0 bridgehead atoms. The fourth-order valence-electron chi connectivity index (χ4n) is 3.34. The average molecular weight is 397 g/mol. The SMILES string of the molecule is COC(=O)[C@@H](NC(=O)C(NC(=O)C(=N)/C=C(/C)[OH2+])C1CCCCC1)C(C)(C)C. The molecule has 1 aliphatic carbocycles.